The first-order chi connectivity index (χ1) is 10.6. The third-order valence-electron chi connectivity index (χ3n) is 3.67. The van der Waals surface area contributed by atoms with E-state index in [1.807, 2.05) is 12.4 Å². The lowest BCUT2D eigenvalue weighted by atomic mass is 10.0. The van der Waals surface area contributed by atoms with Gasteiger partial charge in [0.25, 0.3) is 0 Å². The second-order valence-electron chi connectivity index (χ2n) is 5.73. The van der Waals surface area contributed by atoms with E-state index in [0.29, 0.717) is 0 Å². The second kappa shape index (κ2) is 6.10. The molecular formula is C18H21N2OP. The van der Waals surface area contributed by atoms with Crippen LogP contribution in [-0.2, 0) is 6.42 Å². The topological polar surface area (TPSA) is 37.9 Å². The van der Waals surface area contributed by atoms with Gasteiger partial charge in [-0.1, -0.05) is 13.0 Å². The molecule has 0 aliphatic rings. The number of H-pyrrole nitrogens is 1. The Labute approximate surface area is 132 Å². The van der Waals surface area contributed by atoms with Crippen LogP contribution in [0.5, 0.6) is 5.75 Å². The molecule has 3 rings (SSSR count). The number of nitrogens with zero attached hydrogens (tertiary/aromatic N) is 1. The number of pyridine rings is 1. The molecule has 0 saturated heterocycles. The van der Waals surface area contributed by atoms with E-state index in [2.05, 4.69) is 61.4 Å². The van der Waals surface area contributed by atoms with Gasteiger partial charge < -0.3 is 9.51 Å². The largest absolute Gasteiger partial charge is 0.475 e. The highest BCUT2D eigenvalue weighted by Crippen LogP contribution is 2.34. The highest BCUT2D eigenvalue weighted by atomic mass is 31.1. The van der Waals surface area contributed by atoms with Crippen molar-refractivity contribution in [1.29, 1.82) is 0 Å². The van der Waals surface area contributed by atoms with Crippen LogP contribution in [0.2, 0.25) is 0 Å². The Morgan fingerprint density at radius 2 is 1.95 bits per heavy atom. The monoisotopic (exact) mass is 312 g/mol. The van der Waals surface area contributed by atoms with Gasteiger partial charge in [-0.25, -0.2) is 4.98 Å². The third kappa shape index (κ3) is 3.00. The van der Waals surface area contributed by atoms with E-state index in [0.717, 1.165) is 28.9 Å². The van der Waals surface area contributed by atoms with E-state index < -0.39 is 8.15 Å². The SMILES string of the molecule is CCc1c[nH]c2ncc(-c3cc(C)cc(OP(C)C)c3)cc12. The van der Waals surface area contributed by atoms with Crippen molar-refractivity contribution >= 4 is 19.2 Å². The molecule has 114 valence electrons. The molecule has 0 fully saturated rings. The zero-order valence-corrected chi connectivity index (χ0v) is 14.4. The summed E-state index contributed by atoms with van der Waals surface area (Å²) in [4.78, 5) is 7.79. The molecule has 0 spiro atoms. The molecule has 0 unspecified atom stereocenters. The van der Waals surface area contributed by atoms with Crippen LogP contribution in [-0.4, -0.2) is 23.3 Å². The van der Waals surface area contributed by atoms with Crippen molar-refractivity contribution in [3.63, 3.8) is 0 Å². The third-order valence-corrected chi connectivity index (χ3v) is 4.25. The maximum absolute atomic E-state index is 5.91. The number of hydrogen-bond donors (Lipinski definition) is 1. The Kier molecular flexibility index (Phi) is 4.17. The lowest BCUT2D eigenvalue weighted by molar-refractivity contribution is 0.623. The van der Waals surface area contributed by atoms with Gasteiger partial charge in [-0.15, -0.1) is 0 Å². The van der Waals surface area contributed by atoms with Gasteiger partial charge in [0.15, 0.2) is 0 Å². The van der Waals surface area contributed by atoms with E-state index in [4.69, 9.17) is 4.52 Å². The molecule has 4 heteroatoms. The lowest BCUT2D eigenvalue weighted by Gasteiger charge is -2.12. The molecule has 0 amide bonds. The molecule has 2 aromatic heterocycles. The van der Waals surface area contributed by atoms with Crippen LogP contribution in [0.15, 0.2) is 36.7 Å². The predicted octanol–water partition coefficient (Wildman–Crippen LogP) is 5.14. The number of hydrogen-bond acceptors (Lipinski definition) is 2. The van der Waals surface area contributed by atoms with Crippen molar-refractivity contribution in [2.24, 2.45) is 0 Å². The van der Waals surface area contributed by atoms with E-state index in [-0.39, 0.29) is 0 Å². The first-order valence-electron chi connectivity index (χ1n) is 7.50. The van der Waals surface area contributed by atoms with E-state index in [9.17, 15) is 0 Å². The van der Waals surface area contributed by atoms with Gasteiger partial charge in [0, 0.05) is 23.3 Å². The first-order valence-corrected chi connectivity index (χ1v) is 9.65. The minimum absolute atomic E-state index is 0.419. The molecule has 0 saturated carbocycles. The summed E-state index contributed by atoms with van der Waals surface area (Å²) in [5.74, 6) is 0.941. The fraction of sp³-hybridized carbons (Fsp3) is 0.278. The first kappa shape index (κ1) is 15.1. The Hall–Kier alpha value is -1.86. The molecule has 1 aromatic carbocycles. The standard InChI is InChI=1S/C18H21N2OP/c1-5-13-10-19-18-17(13)9-15(11-20-18)14-6-12(2)7-16(8-14)21-22(3)4/h6-11H,5H2,1-4H3,(H,19,20). The molecule has 0 aliphatic heterocycles. The van der Waals surface area contributed by atoms with E-state index in [1.165, 1.54) is 16.5 Å². The Morgan fingerprint density at radius 3 is 2.68 bits per heavy atom. The molecule has 2 heterocycles. The van der Waals surface area contributed by atoms with Crippen molar-refractivity contribution in [2.45, 2.75) is 20.3 Å². The number of fused-ring (bicyclic) bond motifs is 1. The quantitative estimate of drug-likeness (QED) is 0.678. The Morgan fingerprint density at radius 1 is 1.14 bits per heavy atom. The van der Waals surface area contributed by atoms with Gasteiger partial charge in [-0.3, -0.25) is 0 Å². The van der Waals surface area contributed by atoms with Crippen molar-refractivity contribution in [1.82, 2.24) is 9.97 Å². The number of aromatic amines is 1. The molecule has 0 aliphatic carbocycles. The average Bonchev–Trinajstić information content (AvgIpc) is 2.88. The lowest BCUT2D eigenvalue weighted by Crippen LogP contribution is -1.88. The highest BCUT2D eigenvalue weighted by molar-refractivity contribution is 7.51. The van der Waals surface area contributed by atoms with E-state index >= 15 is 0 Å². The summed E-state index contributed by atoms with van der Waals surface area (Å²) in [6.07, 6.45) is 4.98. The summed E-state index contributed by atoms with van der Waals surface area (Å²) in [5.41, 5.74) is 5.75. The van der Waals surface area contributed by atoms with Crippen molar-refractivity contribution in [3.05, 3.63) is 47.8 Å². The van der Waals surface area contributed by atoms with Crippen LogP contribution < -0.4 is 4.52 Å². The number of aromatic nitrogens is 2. The molecule has 0 radical (unpaired) electrons. The fourth-order valence-corrected chi connectivity index (χ4v) is 3.21. The summed E-state index contributed by atoms with van der Waals surface area (Å²) in [7, 11) is -0.419. The van der Waals surface area contributed by atoms with Crippen LogP contribution in [0.25, 0.3) is 22.2 Å². The molecule has 0 bridgehead atoms. The summed E-state index contributed by atoms with van der Waals surface area (Å²) >= 11 is 0. The second-order valence-corrected chi connectivity index (χ2v) is 7.53. The zero-order chi connectivity index (χ0) is 15.7. The van der Waals surface area contributed by atoms with Gasteiger partial charge in [0.05, 0.1) is 8.15 Å². The molecule has 0 atom stereocenters. The number of aryl methyl sites for hydroxylation is 2. The fourth-order valence-electron chi connectivity index (χ4n) is 2.69. The minimum Gasteiger partial charge on any atom is -0.475 e. The summed E-state index contributed by atoms with van der Waals surface area (Å²) in [6, 6.07) is 8.60. The zero-order valence-electron chi connectivity index (χ0n) is 13.5. The maximum Gasteiger partial charge on any atom is 0.137 e. The van der Waals surface area contributed by atoms with E-state index in [1.54, 1.807) is 0 Å². The van der Waals surface area contributed by atoms with Crippen LogP contribution in [0.1, 0.15) is 18.1 Å². The average molecular weight is 312 g/mol. The molecule has 22 heavy (non-hydrogen) atoms. The van der Waals surface area contributed by atoms with Gasteiger partial charge in [0.2, 0.25) is 0 Å². The summed E-state index contributed by atoms with van der Waals surface area (Å²) < 4.78 is 5.91. The predicted molar refractivity (Wildman–Crippen MR) is 95.0 cm³/mol. The summed E-state index contributed by atoms with van der Waals surface area (Å²) in [5, 5.41) is 1.21. The van der Waals surface area contributed by atoms with Crippen molar-refractivity contribution < 1.29 is 4.52 Å². The van der Waals surface area contributed by atoms with Crippen LogP contribution in [0.4, 0.5) is 0 Å². The molecule has 3 aromatic rings. The Bertz CT molecular complexity index is 808. The molecule has 3 nitrogen and oxygen atoms in total. The number of rotatable bonds is 4. The smallest absolute Gasteiger partial charge is 0.137 e. The van der Waals surface area contributed by atoms with Gasteiger partial charge in [-0.2, -0.15) is 0 Å². The Balaban J connectivity index is 2.08. The van der Waals surface area contributed by atoms with Gasteiger partial charge >= 0.3 is 0 Å². The molecular weight excluding hydrogens is 291 g/mol. The summed E-state index contributed by atoms with van der Waals surface area (Å²) in [6.45, 7) is 8.49. The maximum atomic E-state index is 5.91. The minimum atomic E-state index is -0.419. The van der Waals surface area contributed by atoms with Gasteiger partial charge in [0.1, 0.15) is 11.4 Å². The number of nitrogens with one attached hydrogen (secondary N) is 1. The highest BCUT2D eigenvalue weighted by Gasteiger charge is 2.08. The number of benzene rings is 1. The normalized spacial score (nSPS) is 11.3. The van der Waals surface area contributed by atoms with Crippen LogP contribution in [0, 0.1) is 6.92 Å². The van der Waals surface area contributed by atoms with Gasteiger partial charge in [-0.05, 0) is 61.6 Å². The van der Waals surface area contributed by atoms with Crippen molar-refractivity contribution in [2.75, 3.05) is 13.3 Å². The molecule has 1 N–H and O–H groups in total. The van der Waals surface area contributed by atoms with Crippen molar-refractivity contribution in [3.8, 4) is 16.9 Å². The van der Waals surface area contributed by atoms with Crippen LogP contribution in [0.3, 0.4) is 0 Å². The van der Waals surface area contributed by atoms with Crippen LogP contribution >= 0.6 is 8.15 Å².